The SMILES string of the molecule is CS(=O)(=O)c1ccc(Nc2cc(C(=O)O)c(Cl)cn2)cc1. The average Bonchev–Trinajstić information content (AvgIpc) is 2.40. The van der Waals surface area contributed by atoms with E-state index in [1.165, 1.54) is 24.4 Å². The molecule has 21 heavy (non-hydrogen) atoms. The molecule has 0 atom stereocenters. The molecule has 0 spiro atoms. The van der Waals surface area contributed by atoms with E-state index in [0.717, 1.165) is 6.26 Å². The molecule has 8 heteroatoms. The van der Waals surface area contributed by atoms with E-state index in [9.17, 15) is 13.2 Å². The quantitative estimate of drug-likeness (QED) is 0.896. The number of hydrogen-bond donors (Lipinski definition) is 2. The fourth-order valence-electron chi connectivity index (χ4n) is 1.60. The number of carboxylic acid groups (broad SMARTS) is 1. The zero-order valence-corrected chi connectivity index (χ0v) is 12.4. The summed E-state index contributed by atoms with van der Waals surface area (Å²) in [6.07, 6.45) is 2.35. The monoisotopic (exact) mass is 326 g/mol. The Morgan fingerprint density at radius 1 is 1.29 bits per heavy atom. The Kier molecular flexibility index (Phi) is 4.15. The first-order valence-corrected chi connectivity index (χ1v) is 8.00. The average molecular weight is 327 g/mol. The van der Waals surface area contributed by atoms with Crippen LogP contribution in [-0.2, 0) is 9.84 Å². The lowest BCUT2D eigenvalue weighted by molar-refractivity contribution is 0.0697. The van der Waals surface area contributed by atoms with Crippen molar-refractivity contribution in [1.82, 2.24) is 4.98 Å². The zero-order valence-electron chi connectivity index (χ0n) is 10.9. The van der Waals surface area contributed by atoms with E-state index in [2.05, 4.69) is 10.3 Å². The number of benzene rings is 1. The van der Waals surface area contributed by atoms with Gasteiger partial charge in [-0.3, -0.25) is 0 Å². The van der Waals surface area contributed by atoms with Gasteiger partial charge in [-0.1, -0.05) is 11.6 Å². The van der Waals surface area contributed by atoms with Crippen molar-refractivity contribution in [2.45, 2.75) is 4.90 Å². The molecule has 2 rings (SSSR count). The lowest BCUT2D eigenvalue weighted by Crippen LogP contribution is -2.02. The van der Waals surface area contributed by atoms with E-state index in [0.29, 0.717) is 11.5 Å². The number of rotatable bonds is 4. The van der Waals surface area contributed by atoms with Crippen LogP contribution in [0.3, 0.4) is 0 Å². The highest BCUT2D eigenvalue weighted by molar-refractivity contribution is 7.90. The Morgan fingerprint density at radius 2 is 1.90 bits per heavy atom. The number of anilines is 2. The standard InChI is InChI=1S/C13H11ClN2O4S/c1-21(19,20)9-4-2-8(3-5-9)16-12-6-10(13(17)18)11(14)7-15-12/h2-7H,1H3,(H,15,16)(H,17,18). The van der Waals surface area contributed by atoms with Gasteiger partial charge in [0.15, 0.2) is 9.84 Å². The molecule has 1 aromatic heterocycles. The van der Waals surface area contributed by atoms with E-state index in [-0.39, 0.29) is 15.5 Å². The van der Waals surface area contributed by atoms with Crippen molar-refractivity contribution in [2.24, 2.45) is 0 Å². The maximum absolute atomic E-state index is 11.3. The van der Waals surface area contributed by atoms with E-state index < -0.39 is 15.8 Å². The molecule has 0 amide bonds. The van der Waals surface area contributed by atoms with Crippen LogP contribution >= 0.6 is 11.6 Å². The van der Waals surface area contributed by atoms with Crippen molar-refractivity contribution in [3.05, 3.63) is 47.1 Å². The number of carbonyl (C=O) groups is 1. The number of nitrogens with one attached hydrogen (secondary N) is 1. The summed E-state index contributed by atoms with van der Waals surface area (Å²) < 4.78 is 22.7. The van der Waals surface area contributed by atoms with Crippen LogP contribution in [0.1, 0.15) is 10.4 Å². The Morgan fingerprint density at radius 3 is 2.43 bits per heavy atom. The maximum atomic E-state index is 11.3. The van der Waals surface area contributed by atoms with E-state index in [1.807, 2.05) is 0 Å². The van der Waals surface area contributed by atoms with Gasteiger partial charge >= 0.3 is 5.97 Å². The van der Waals surface area contributed by atoms with Crippen molar-refractivity contribution >= 4 is 38.9 Å². The number of carboxylic acids is 1. The van der Waals surface area contributed by atoms with Gasteiger partial charge < -0.3 is 10.4 Å². The van der Waals surface area contributed by atoms with Gasteiger partial charge in [-0.15, -0.1) is 0 Å². The molecule has 0 saturated carbocycles. The summed E-state index contributed by atoms with van der Waals surface area (Å²) in [5.41, 5.74) is 0.510. The van der Waals surface area contributed by atoms with E-state index in [1.54, 1.807) is 12.1 Å². The fraction of sp³-hybridized carbons (Fsp3) is 0.0769. The molecule has 0 aliphatic carbocycles. The van der Waals surface area contributed by atoms with Crippen molar-refractivity contribution < 1.29 is 18.3 Å². The third-order valence-electron chi connectivity index (χ3n) is 2.64. The van der Waals surface area contributed by atoms with Gasteiger partial charge in [-0.2, -0.15) is 0 Å². The van der Waals surface area contributed by atoms with Crippen LogP contribution in [0.5, 0.6) is 0 Å². The zero-order chi connectivity index (χ0) is 15.6. The number of pyridine rings is 1. The molecule has 2 aromatic rings. The topological polar surface area (TPSA) is 96.4 Å². The minimum Gasteiger partial charge on any atom is -0.478 e. The molecule has 2 N–H and O–H groups in total. The van der Waals surface area contributed by atoms with Gasteiger partial charge in [0.2, 0.25) is 0 Å². The van der Waals surface area contributed by atoms with Crippen LogP contribution in [-0.4, -0.2) is 30.7 Å². The van der Waals surface area contributed by atoms with Crippen LogP contribution in [0.2, 0.25) is 5.02 Å². The van der Waals surface area contributed by atoms with Gasteiger partial charge in [-0.05, 0) is 30.3 Å². The van der Waals surface area contributed by atoms with Gasteiger partial charge in [0, 0.05) is 18.1 Å². The predicted molar refractivity (Wildman–Crippen MR) is 79.0 cm³/mol. The highest BCUT2D eigenvalue weighted by Gasteiger charge is 2.11. The minimum absolute atomic E-state index is 0.0421. The Labute approximate surface area is 126 Å². The van der Waals surface area contributed by atoms with Gasteiger partial charge in [0.05, 0.1) is 15.5 Å². The predicted octanol–water partition coefficient (Wildman–Crippen LogP) is 2.58. The highest BCUT2D eigenvalue weighted by atomic mass is 35.5. The summed E-state index contributed by atoms with van der Waals surface area (Å²) in [5.74, 6) is -0.859. The van der Waals surface area contributed by atoms with Crippen molar-refractivity contribution in [3.8, 4) is 0 Å². The van der Waals surface area contributed by atoms with Gasteiger partial charge in [-0.25, -0.2) is 18.2 Å². The Bertz CT molecular complexity index is 788. The van der Waals surface area contributed by atoms with Gasteiger partial charge in [0.1, 0.15) is 5.82 Å². The summed E-state index contributed by atoms with van der Waals surface area (Å²) in [7, 11) is -3.25. The third-order valence-corrected chi connectivity index (χ3v) is 4.07. The number of aromatic carboxylic acids is 1. The van der Waals surface area contributed by atoms with Gasteiger partial charge in [0.25, 0.3) is 0 Å². The highest BCUT2D eigenvalue weighted by Crippen LogP contribution is 2.22. The second-order valence-corrected chi connectivity index (χ2v) is 6.70. The molecule has 0 aliphatic heterocycles. The molecular formula is C13H11ClN2O4S. The summed E-state index contributed by atoms with van der Waals surface area (Å²) in [6.45, 7) is 0. The second kappa shape index (κ2) is 5.71. The van der Waals surface area contributed by atoms with Crippen LogP contribution in [0, 0.1) is 0 Å². The first-order chi connectivity index (χ1) is 9.77. The molecule has 0 aliphatic rings. The van der Waals surface area contributed by atoms with Crippen molar-refractivity contribution in [1.29, 1.82) is 0 Å². The lowest BCUT2D eigenvalue weighted by Gasteiger charge is -2.07. The van der Waals surface area contributed by atoms with E-state index in [4.69, 9.17) is 16.7 Å². The summed E-state index contributed by atoms with van der Waals surface area (Å²) >= 11 is 5.73. The maximum Gasteiger partial charge on any atom is 0.337 e. The third kappa shape index (κ3) is 3.71. The molecule has 0 radical (unpaired) electrons. The normalized spacial score (nSPS) is 11.1. The summed E-state index contributed by atoms with van der Waals surface area (Å²) in [6, 6.07) is 7.33. The number of sulfone groups is 1. The molecule has 0 fully saturated rings. The number of hydrogen-bond acceptors (Lipinski definition) is 5. The second-order valence-electron chi connectivity index (χ2n) is 4.28. The molecule has 0 bridgehead atoms. The van der Waals surface area contributed by atoms with Crippen LogP contribution in [0.4, 0.5) is 11.5 Å². The molecule has 110 valence electrons. The van der Waals surface area contributed by atoms with E-state index >= 15 is 0 Å². The minimum atomic E-state index is -3.25. The van der Waals surface area contributed by atoms with Crippen LogP contribution < -0.4 is 5.32 Å². The Hall–Kier alpha value is -2.12. The van der Waals surface area contributed by atoms with Crippen molar-refractivity contribution in [3.63, 3.8) is 0 Å². The van der Waals surface area contributed by atoms with Crippen LogP contribution in [0.25, 0.3) is 0 Å². The summed E-state index contributed by atoms with van der Waals surface area (Å²) in [5, 5.41) is 11.9. The molecule has 0 saturated heterocycles. The number of aromatic nitrogens is 1. The summed E-state index contributed by atoms with van der Waals surface area (Å²) in [4.78, 5) is 15.1. The number of nitrogens with zero attached hydrogens (tertiary/aromatic N) is 1. The fourth-order valence-corrected chi connectivity index (χ4v) is 2.42. The first kappa shape index (κ1) is 15.3. The van der Waals surface area contributed by atoms with Crippen molar-refractivity contribution in [2.75, 3.05) is 11.6 Å². The molecule has 1 heterocycles. The smallest absolute Gasteiger partial charge is 0.337 e. The molecule has 6 nitrogen and oxygen atoms in total. The Balaban J connectivity index is 2.26. The molecule has 1 aromatic carbocycles. The molecular weight excluding hydrogens is 316 g/mol. The number of halogens is 1. The first-order valence-electron chi connectivity index (χ1n) is 5.73. The lowest BCUT2D eigenvalue weighted by atomic mass is 10.2. The van der Waals surface area contributed by atoms with Crippen LogP contribution in [0.15, 0.2) is 41.4 Å². The molecule has 0 unspecified atom stereocenters. The largest absolute Gasteiger partial charge is 0.478 e.